The van der Waals surface area contributed by atoms with Gasteiger partial charge in [-0.25, -0.2) is 0 Å². The fraction of sp³-hybridized carbons (Fsp3) is 0.111. The topological polar surface area (TPSA) is 9.23 Å². The summed E-state index contributed by atoms with van der Waals surface area (Å²) < 4.78 is 5.13. The van der Waals surface area contributed by atoms with Crippen molar-refractivity contribution in [1.29, 1.82) is 0 Å². The van der Waals surface area contributed by atoms with E-state index < -0.39 is 0 Å². The molecule has 0 aliphatic heterocycles. The number of allylic oxidation sites excluding steroid dienone is 3. The molecule has 0 atom stereocenters. The van der Waals surface area contributed by atoms with Gasteiger partial charge in [0, 0.05) is 0 Å². The molecule has 54 valence electrons. The molecule has 0 saturated heterocycles. The van der Waals surface area contributed by atoms with Gasteiger partial charge in [0.25, 0.3) is 0 Å². The molecule has 0 amide bonds. The Morgan fingerprint density at radius 3 is 2.40 bits per heavy atom. The average molecular weight is 136 g/mol. The highest BCUT2D eigenvalue weighted by molar-refractivity contribution is 5.14. The monoisotopic (exact) mass is 136 g/mol. The Kier molecular flexibility index (Phi) is 5.16. The molecular weight excluding hydrogens is 124 g/mol. The zero-order valence-corrected chi connectivity index (χ0v) is 6.05. The molecule has 0 aromatic rings. The first-order valence-corrected chi connectivity index (χ1v) is 3.04. The maximum atomic E-state index is 5.13. The molecule has 1 heteroatoms. The average Bonchev–Trinajstić information content (AvgIpc) is 1.98. The van der Waals surface area contributed by atoms with Crippen LogP contribution in [0.2, 0.25) is 0 Å². The highest BCUT2D eigenvalue weighted by atomic mass is 16.5. The van der Waals surface area contributed by atoms with Gasteiger partial charge in [0.2, 0.25) is 0 Å². The summed E-state index contributed by atoms with van der Waals surface area (Å²) in [6.45, 7) is 11.1. The van der Waals surface area contributed by atoms with Crippen LogP contribution in [0.5, 0.6) is 0 Å². The molecule has 0 bridgehead atoms. The van der Waals surface area contributed by atoms with Crippen LogP contribution in [0.4, 0.5) is 0 Å². The number of hydrogen-bond donors (Lipinski definition) is 0. The van der Waals surface area contributed by atoms with Crippen molar-refractivity contribution in [1.82, 2.24) is 0 Å². The fourth-order valence-electron chi connectivity index (χ4n) is 0.446. The highest BCUT2D eigenvalue weighted by Crippen LogP contribution is 1.97. The van der Waals surface area contributed by atoms with Crippen LogP contribution in [0.15, 0.2) is 49.8 Å². The normalized spacial score (nSPS) is 10.2. The lowest BCUT2D eigenvalue weighted by atomic mass is 10.4. The van der Waals surface area contributed by atoms with Gasteiger partial charge < -0.3 is 4.74 Å². The Morgan fingerprint density at radius 1 is 1.30 bits per heavy atom. The predicted molar refractivity (Wildman–Crippen MR) is 44.6 cm³/mol. The predicted octanol–water partition coefficient (Wildman–Crippen LogP) is 2.44. The van der Waals surface area contributed by atoms with Crippen molar-refractivity contribution in [2.24, 2.45) is 0 Å². The van der Waals surface area contributed by atoms with E-state index in [1.807, 2.05) is 0 Å². The Balaban J connectivity index is 3.81. The largest absolute Gasteiger partial charge is 0.490 e. The second-order valence-corrected chi connectivity index (χ2v) is 1.61. The van der Waals surface area contributed by atoms with Crippen molar-refractivity contribution >= 4 is 0 Å². The Labute approximate surface area is 62.0 Å². The van der Waals surface area contributed by atoms with E-state index in [0.717, 1.165) is 5.76 Å². The Morgan fingerprint density at radius 2 is 2.00 bits per heavy atom. The van der Waals surface area contributed by atoms with Gasteiger partial charge in [-0.3, -0.25) is 0 Å². The summed E-state index contributed by atoms with van der Waals surface area (Å²) in [5.74, 6) is 0.718. The maximum absolute atomic E-state index is 5.13. The molecule has 0 unspecified atom stereocenters. The first kappa shape index (κ1) is 8.76. The van der Waals surface area contributed by atoms with Crippen molar-refractivity contribution in [3.8, 4) is 0 Å². The maximum Gasteiger partial charge on any atom is 0.119 e. The minimum atomic E-state index is 0.506. The molecule has 0 aliphatic carbocycles. The summed E-state index contributed by atoms with van der Waals surface area (Å²) >= 11 is 0. The van der Waals surface area contributed by atoms with Gasteiger partial charge in [0.05, 0.1) is 0 Å². The molecule has 0 N–H and O–H groups in total. The third-order valence-electron chi connectivity index (χ3n) is 0.851. The summed E-state index contributed by atoms with van der Waals surface area (Å²) in [5, 5.41) is 0. The molecule has 0 spiro atoms. The van der Waals surface area contributed by atoms with Crippen LogP contribution in [0.3, 0.4) is 0 Å². The summed E-state index contributed by atoms with van der Waals surface area (Å²) in [5.41, 5.74) is 0. The van der Waals surface area contributed by atoms with Gasteiger partial charge in [-0.15, -0.1) is 0 Å². The van der Waals surface area contributed by atoms with Crippen molar-refractivity contribution in [3.63, 3.8) is 0 Å². The summed E-state index contributed by atoms with van der Waals surface area (Å²) in [6.07, 6.45) is 6.71. The minimum absolute atomic E-state index is 0.506. The van der Waals surface area contributed by atoms with E-state index in [1.165, 1.54) is 0 Å². The second kappa shape index (κ2) is 5.89. The minimum Gasteiger partial charge on any atom is -0.490 e. The van der Waals surface area contributed by atoms with Crippen molar-refractivity contribution in [2.45, 2.75) is 0 Å². The number of ether oxygens (including phenoxy) is 1. The van der Waals surface area contributed by atoms with Crippen molar-refractivity contribution in [2.75, 3.05) is 6.61 Å². The quantitative estimate of drug-likeness (QED) is 0.320. The molecule has 0 aromatic carbocycles. The number of rotatable bonds is 5. The molecule has 1 nitrogen and oxygen atoms in total. The third-order valence-corrected chi connectivity index (χ3v) is 0.851. The molecular formula is C9H12O. The molecule has 10 heavy (non-hydrogen) atoms. The molecule has 0 rings (SSSR count). The van der Waals surface area contributed by atoms with Gasteiger partial charge in [0.15, 0.2) is 0 Å². The highest BCUT2D eigenvalue weighted by Gasteiger charge is 1.84. The van der Waals surface area contributed by atoms with Gasteiger partial charge in [-0.2, -0.15) is 0 Å². The van der Waals surface area contributed by atoms with Gasteiger partial charge in [-0.1, -0.05) is 31.9 Å². The van der Waals surface area contributed by atoms with Crippen LogP contribution >= 0.6 is 0 Å². The van der Waals surface area contributed by atoms with E-state index >= 15 is 0 Å². The third kappa shape index (κ3) is 3.72. The van der Waals surface area contributed by atoms with Crippen LogP contribution in [0.25, 0.3) is 0 Å². The lowest BCUT2D eigenvalue weighted by molar-refractivity contribution is 0.262. The molecule has 0 aliphatic rings. The van der Waals surface area contributed by atoms with Crippen LogP contribution in [0.1, 0.15) is 0 Å². The van der Waals surface area contributed by atoms with E-state index in [1.54, 1.807) is 24.3 Å². The van der Waals surface area contributed by atoms with Gasteiger partial charge >= 0.3 is 0 Å². The van der Waals surface area contributed by atoms with Crippen LogP contribution in [-0.2, 0) is 4.74 Å². The van der Waals surface area contributed by atoms with E-state index in [9.17, 15) is 0 Å². The lowest BCUT2D eigenvalue weighted by Crippen LogP contribution is -1.87. The van der Waals surface area contributed by atoms with Crippen LogP contribution < -0.4 is 0 Å². The first-order valence-electron chi connectivity index (χ1n) is 3.04. The van der Waals surface area contributed by atoms with E-state index in [-0.39, 0.29) is 0 Å². The zero-order valence-electron chi connectivity index (χ0n) is 6.05. The molecule has 0 heterocycles. The smallest absolute Gasteiger partial charge is 0.119 e. The standard InChI is InChI=1S/C9H12O/c1-4-7-9(6-3)10-8-5-2/h4-7H,1-3,8H2. The molecule has 0 saturated carbocycles. The van der Waals surface area contributed by atoms with Crippen molar-refractivity contribution in [3.05, 3.63) is 49.8 Å². The van der Waals surface area contributed by atoms with E-state index in [4.69, 9.17) is 4.74 Å². The van der Waals surface area contributed by atoms with Gasteiger partial charge in [-0.05, 0) is 12.2 Å². The fourth-order valence-corrected chi connectivity index (χ4v) is 0.446. The summed E-state index contributed by atoms with van der Waals surface area (Å²) in [6, 6.07) is 0. The Bertz CT molecular complexity index is 154. The van der Waals surface area contributed by atoms with Crippen LogP contribution in [0, 0.1) is 0 Å². The SMILES string of the molecule is C=CC=C(C=C)OCC=C. The zero-order chi connectivity index (χ0) is 7.82. The summed E-state index contributed by atoms with van der Waals surface area (Å²) in [4.78, 5) is 0. The summed E-state index contributed by atoms with van der Waals surface area (Å²) in [7, 11) is 0. The lowest BCUT2D eigenvalue weighted by Gasteiger charge is -2.00. The van der Waals surface area contributed by atoms with E-state index in [2.05, 4.69) is 19.7 Å². The first-order chi connectivity index (χ1) is 4.85. The van der Waals surface area contributed by atoms with Crippen LogP contribution in [-0.4, -0.2) is 6.61 Å². The molecule has 0 fully saturated rings. The Hall–Kier alpha value is -1.24. The van der Waals surface area contributed by atoms with E-state index in [0.29, 0.717) is 6.61 Å². The molecule has 0 radical (unpaired) electrons. The van der Waals surface area contributed by atoms with Gasteiger partial charge in [0.1, 0.15) is 12.4 Å². The molecule has 0 aromatic heterocycles. The van der Waals surface area contributed by atoms with Crippen molar-refractivity contribution < 1.29 is 4.74 Å². The number of hydrogen-bond acceptors (Lipinski definition) is 1. The second-order valence-electron chi connectivity index (χ2n) is 1.61.